The first-order valence-electron chi connectivity index (χ1n) is 10.6. The fourth-order valence-corrected chi connectivity index (χ4v) is 3.81. The largest absolute Gasteiger partial charge is 0.493 e. The van der Waals surface area contributed by atoms with E-state index in [1.165, 1.54) is 0 Å². The summed E-state index contributed by atoms with van der Waals surface area (Å²) in [6.07, 6.45) is 1.10. The summed E-state index contributed by atoms with van der Waals surface area (Å²) in [7, 11) is 1.57. The van der Waals surface area contributed by atoms with Crippen LogP contribution in [-0.2, 0) is 22.6 Å². The quantitative estimate of drug-likeness (QED) is 0.599. The van der Waals surface area contributed by atoms with Crippen LogP contribution in [0.25, 0.3) is 0 Å². The summed E-state index contributed by atoms with van der Waals surface area (Å²) in [6.45, 7) is 2.36. The first-order valence-corrected chi connectivity index (χ1v) is 10.6. The minimum atomic E-state index is -0.263. The first kappa shape index (κ1) is 21.4. The molecule has 164 valence electrons. The molecule has 4 rings (SSSR count). The molecule has 1 heterocycles. The SMILES string of the molecule is COc1cc(C)ccc1OCC(=O)Nc1ccc2c(c1)CCC(=O)N2Cc1ccccc1. The van der Waals surface area contributed by atoms with E-state index < -0.39 is 0 Å². The summed E-state index contributed by atoms with van der Waals surface area (Å²) >= 11 is 0. The molecule has 0 bridgehead atoms. The molecule has 0 fully saturated rings. The van der Waals surface area contributed by atoms with Gasteiger partial charge >= 0.3 is 0 Å². The van der Waals surface area contributed by atoms with Gasteiger partial charge in [0.15, 0.2) is 18.1 Å². The van der Waals surface area contributed by atoms with Crippen LogP contribution in [0, 0.1) is 6.92 Å². The topological polar surface area (TPSA) is 67.9 Å². The average molecular weight is 431 g/mol. The highest BCUT2D eigenvalue weighted by Gasteiger charge is 2.24. The standard InChI is InChI=1S/C26H26N2O4/c1-18-8-12-23(24(14-18)31-2)32-17-25(29)27-21-10-11-22-20(15-21)9-13-26(30)28(22)16-19-6-4-3-5-7-19/h3-8,10-12,14-15H,9,13,16-17H2,1-2H3,(H,27,29). The molecular formula is C26H26N2O4. The fraction of sp³-hybridized carbons (Fsp3) is 0.231. The predicted octanol–water partition coefficient (Wildman–Crippen LogP) is 4.50. The molecule has 1 aliphatic rings. The third-order valence-corrected chi connectivity index (χ3v) is 5.42. The van der Waals surface area contributed by atoms with Crippen molar-refractivity contribution in [2.75, 3.05) is 23.9 Å². The molecule has 0 aliphatic carbocycles. The molecule has 0 unspecified atom stereocenters. The number of ether oxygens (including phenoxy) is 2. The van der Waals surface area contributed by atoms with Gasteiger partial charge in [0, 0.05) is 17.8 Å². The zero-order valence-corrected chi connectivity index (χ0v) is 18.3. The summed E-state index contributed by atoms with van der Waals surface area (Å²) in [5.41, 5.74) is 4.74. The molecule has 1 N–H and O–H groups in total. The lowest BCUT2D eigenvalue weighted by atomic mass is 9.99. The van der Waals surface area contributed by atoms with Gasteiger partial charge in [-0.1, -0.05) is 36.4 Å². The Kier molecular flexibility index (Phi) is 6.40. The summed E-state index contributed by atoms with van der Waals surface area (Å²) in [4.78, 5) is 26.8. The van der Waals surface area contributed by atoms with E-state index in [1.807, 2.05) is 72.5 Å². The van der Waals surface area contributed by atoms with Crippen LogP contribution < -0.4 is 19.7 Å². The van der Waals surface area contributed by atoms with Crippen LogP contribution in [0.2, 0.25) is 0 Å². The van der Waals surface area contributed by atoms with Crippen molar-refractivity contribution < 1.29 is 19.1 Å². The number of carbonyl (C=O) groups is 2. The first-order chi connectivity index (χ1) is 15.5. The van der Waals surface area contributed by atoms with Gasteiger partial charge in [-0.25, -0.2) is 0 Å². The second kappa shape index (κ2) is 9.56. The van der Waals surface area contributed by atoms with E-state index in [1.54, 1.807) is 13.2 Å². The van der Waals surface area contributed by atoms with Gasteiger partial charge in [-0.15, -0.1) is 0 Å². The molecule has 6 heteroatoms. The third-order valence-electron chi connectivity index (χ3n) is 5.42. The predicted molar refractivity (Wildman–Crippen MR) is 124 cm³/mol. The van der Waals surface area contributed by atoms with Crippen LogP contribution in [-0.4, -0.2) is 25.5 Å². The summed E-state index contributed by atoms with van der Waals surface area (Å²) in [5.74, 6) is 0.961. The molecule has 3 aromatic rings. The van der Waals surface area contributed by atoms with E-state index in [4.69, 9.17) is 9.47 Å². The molecule has 2 amide bonds. The van der Waals surface area contributed by atoms with Gasteiger partial charge in [0.2, 0.25) is 5.91 Å². The Bertz CT molecular complexity index is 1130. The van der Waals surface area contributed by atoms with E-state index in [2.05, 4.69) is 5.32 Å². The second-order valence-electron chi connectivity index (χ2n) is 7.80. The van der Waals surface area contributed by atoms with E-state index in [-0.39, 0.29) is 18.4 Å². The maximum absolute atomic E-state index is 12.5. The Labute approximate surface area is 187 Å². The summed E-state index contributed by atoms with van der Waals surface area (Å²) < 4.78 is 10.9. The third kappa shape index (κ3) is 4.91. The van der Waals surface area contributed by atoms with Gasteiger partial charge in [0.1, 0.15) is 0 Å². The van der Waals surface area contributed by atoms with Crippen LogP contribution in [0.1, 0.15) is 23.1 Å². The molecule has 0 aromatic heterocycles. The van der Waals surface area contributed by atoms with Crippen LogP contribution in [0.5, 0.6) is 11.5 Å². The number of aryl methyl sites for hydroxylation is 2. The molecule has 0 atom stereocenters. The smallest absolute Gasteiger partial charge is 0.262 e. The zero-order valence-electron chi connectivity index (χ0n) is 18.3. The Hall–Kier alpha value is -3.80. The van der Waals surface area contributed by atoms with Crippen molar-refractivity contribution >= 4 is 23.2 Å². The Morgan fingerprint density at radius 1 is 1.00 bits per heavy atom. The van der Waals surface area contributed by atoms with E-state index >= 15 is 0 Å². The highest BCUT2D eigenvalue weighted by atomic mass is 16.5. The van der Waals surface area contributed by atoms with Crippen molar-refractivity contribution in [3.05, 3.63) is 83.4 Å². The highest BCUT2D eigenvalue weighted by molar-refractivity contribution is 5.97. The van der Waals surface area contributed by atoms with Crippen molar-refractivity contribution in [3.63, 3.8) is 0 Å². The molecule has 6 nitrogen and oxygen atoms in total. The van der Waals surface area contributed by atoms with Crippen LogP contribution in [0.4, 0.5) is 11.4 Å². The second-order valence-corrected chi connectivity index (χ2v) is 7.80. The van der Waals surface area contributed by atoms with Crippen molar-refractivity contribution in [2.24, 2.45) is 0 Å². The van der Waals surface area contributed by atoms with Crippen molar-refractivity contribution in [1.29, 1.82) is 0 Å². The van der Waals surface area contributed by atoms with Gasteiger partial charge in [-0.05, 0) is 60.4 Å². The van der Waals surface area contributed by atoms with Crippen molar-refractivity contribution in [1.82, 2.24) is 0 Å². The number of nitrogens with one attached hydrogen (secondary N) is 1. The number of fused-ring (bicyclic) bond motifs is 1. The number of hydrogen-bond donors (Lipinski definition) is 1. The number of methoxy groups -OCH3 is 1. The van der Waals surface area contributed by atoms with Crippen LogP contribution in [0.3, 0.4) is 0 Å². The minimum Gasteiger partial charge on any atom is -0.493 e. The van der Waals surface area contributed by atoms with Gasteiger partial charge in [-0.3, -0.25) is 9.59 Å². The number of carbonyl (C=O) groups excluding carboxylic acids is 2. The molecule has 32 heavy (non-hydrogen) atoms. The number of nitrogens with zero attached hydrogens (tertiary/aromatic N) is 1. The van der Waals surface area contributed by atoms with Gasteiger partial charge in [0.05, 0.1) is 13.7 Å². The number of amides is 2. The fourth-order valence-electron chi connectivity index (χ4n) is 3.81. The summed E-state index contributed by atoms with van der Waals surface area (Å²) in [6, 6.07) is 21.1. The number of benzene rings is 3. The van der Waals surface area contributed by atoms with Crippen molar-refractivity contribution in [2.45, 2.75) is 26.3 Å². The maximum atomic E-state index is 12.5. The Balaban J connectivity index is 1.42. The molecule has 0 saturated carbocycles. The number of hydrogen-bond acceptors (Lipinski definition) is 4. The van der Waals surface area contributed by atoms with Gasteiger partial charge < -0.3 is 19.7 Å². The lowest BCUT2D eigenvalue weighted by Gasteiger charge is -2.30. The molecule has 0 radical (unpaired) electrons. The molecule has 3 aromatic carbocycles. The lowest BCUT2D eigenvalue weighted by Crippen LogP contribution is -2.34. The molecule has 0 saturated heterocycles. The van der Waals surface area contributed by atoms with Crippen LogP contribution >= 0.6 is 0 Å². The summed E-state index contributed by atoms with van der Waals surface area (Å²) in [5, 5.41) is 2.88. The molecule has 1 aliphatic heterocycles. The van der Waals surface area contributed by atoms with Crippen LogP contribution in [0.15, 0.2) is 66.7 Å². The monoisotopic (exact) mass is 430 g/mol. The average Bonchev–Trinajstić information content (AvgIpc) is 2.80. The normalized spacial score (nSPS) is 12.8. The zero-order chi connectivity index (χ0) is 22.5. The number of rotatable bonds is 7. The minimum absolute atomic E-state index is 0.110. The van der Waals surface area contributed by atoms with Crippen molar-refractivity contribution in [3.8, 4) is 11.5 Å². The number of anilines is 2. The molecule has 0 spiro atoms. The lowest BCUT2D eigenvalue weighted by molar-refractivity contribution is -0.119. The van der Waals surface area contributed by atoms with Gasteiger partial charge in [-0.2, -0.15) is 0 Å². The molecular weight excluding hydrogens is 404 g/mol. The van der Waals surface area contributed by atoms with E-state index in [0.29, 0.717) is 36.6 Å². The van der Waals surface area contributed by atoms with E-state index in [0.717, 1.165) is 22.4 Å². The van der Waals surface area contributed by atoms with E-state index in [9.17, 15) is 9.59 Å². The Morgan fingerprint density at radius 3 is 2.59 bits per heavy atom. The Morgan fingerprint density at radius 2 is 1.81 bits per heavy atom. The maximum Gasteiger partial charge on any atom is 0.262 e. The highest BCUT2D eigenvalue weighted by Crippen LogP contribution is 2.32. The van der Waals surface area contributed by atoms with Gasteiger partial charge in [0.25, 0.3) is 5.91 Å².